The summed E-state index contributed by atoms with van der Waals surface area (Å²) < 4.78 is 13.9. The van der Waals surface area contributed by atoms with Crippen molar-refractivity contribution >= 4 is 75.2 Å². The minimum Gasteiger partial charge on any atom is -0.478 e. The predicted octanol–water partition coefficient (Wildman–Crippen LogP) is 3.94. The number of aromatic nitrogens is 3. The van der Waals surface area contributed by atoms with Crippen molar-refractivity contribution in [2.24, 2.45) is 0 Å². The molecule has 1 aliphatic carbocycles. The Kier molecular flexibility index (Phi) is 12.2. The van der Waals surface area contributed by atoms with E-state index in [9.17, 15) is 28.8 Å². The molecule has 6 heterocycles. The average Bonchev–Trinajstić information content (AvgIpc) is 3.53. The predicted molar refractivity (Wildman–Crippen MR) is 243 cm³/mol. The molecule has 0 bridgehead atoms. The zero-order chi connectivity index (χ0) is 45.7. The van der Waals surface area contributed by atoms with Crippen LogP contribution in [0, 0.1) is 6.92 Å². The number of piperazine rings is 1. The van der Waals surface area contributed by atoms with Gasteiger partial charge in [0.1, 0.15) is 11.1 Å². The van der Waals surface area contributed by atoms with Gasteiger partial charge in [-0.2, -0.15) is 4.98 Å². The summed E-state index contributed by atoms with van der Waals surface area (Å²) in [6.45, 7) is 10.2. The molecule has 4 aliphatic heterocycles. The van der Waals surface area contributed by atoms with Gasteiger partial charge in [-0.05, 0) is 94.8 Å². The number of fused-ring (bicyclic) bond motifs is 2. The first-order valence-electron chi connectivity index (χ1n) is 22.3. The highest BCUT2D eigenvalue weighted by atomic mass is 35.5. The van der Waals surface area contributed by atoms with E-state index in [1.54, 1.807) is 22.9 Å². The number of carbonyl (C=O) groups excluding carboxylic acids is 5. The number of pyridine rings is 1. The maximum absolute atomic E-state index is 13.6. The number of halogens is 1. The molecule has 2 aromatic heterocycles. The average molecular weight is 909 g/mol. The summed E-state index contributed by atoms with van der Waals surface area (Å²) in [6.07, 6.45) is 5.82. The van der Waals surface area contributed by atoms with E-state index in [1.165, 1.54) is 7.05 Å². The molecule has 342 valence electrons. The molecule has 3 saturated heterocycles. The maximum atomic E-state index is 13.6. The highest BCUT2D eigenvalue weighted by Gasteiger charge is 2.46. The molecule has 4 aromatic rings. The van der Waals surface area contributed by atoms with Crippen LogP contribution >= 0.6 is 11.6 Å². The lowest BCUT2D eigenvalue weighted by Gasteiger charge is -2.48. The van der Waals surface area contributed by atoms with E-state index in [1.807, 2.05) is 45.0 Å². The molecule has 18 nitrogen and oxygen atoms in total. The molecule has 1 atom stereocenters. The topological polar surface area (TPSA) is 201 Å². The summed E-state index contributed by atoms with van der Waals surface area (Å²) in [5.41, 5.74) is 3.41. The molecule has 4 fully saturated rings. The number of anilines is 4. The molecule has 1 unspecified atom stereocenters. The minimum atomic E-state index is -0.989. The first kappa shape index (κ1) is 44.1. The van der Waals surface area contributed by atoms with Crippen molar-refractivity contribution in [1.29, 1.82) is 0 Å². The quantitative estimate of drug-likeness (QED) is 0.173. The number of rotatable bonds is 12. The third kappa shape index (κ3) is 8.61. The van der Waals surface area contributed by atoms with Crippen molar-refractivity contribution in [3.8, 4) is 5.75 Å². The first-order valence-corrected chi connectivity index (χ1v) is 22.7. The molecule has 5 aliphatic rings. The van der Waals surface area contributed by atoms with E-state index in [4.69, 9.17) is 26.1 Å². The van der Waals surface area contributed by atoms with Crippen LogP contribution in [0.25, 0.3) is 10.9 Å². The number of amides is 5. The summed E-state index contributed by atoms with van der Waals surface area (Å²) in [7, 11) is 1.51. The number of imide groups is 2. The molecule has 0 spiro atoms. The number of piperidine rings is 2. The molecular formula is C46H53ClN10O8. The normalized spacial score (nSPS) is 21.8. The third-order valence-corrected chi connectivity index (χ3v) is 13.6. The minimum absolute atomic E-state index is 0.0827. The number of hydrogen-bond acceptors (Lipinski definition) is 14. The Hall–Kier alpha value is -6.11. The lowest BCUT2D eigenvalue weighted by atomic mass is 9.87. The van der Waals surface area contributed by atoms with Crippen LogP contribution in [-0.2, 0) is 19.1 Å². The standard InChI is InChI=1S/C46H53ClN10O8/c1-25(2)56-35-7-5-28(19-27(35)20-37(44(56)62)64-24-39(59)48-4)50-41-33(47)23-49-46(52-41)55-13-11-30(12-14-55)65-31-21-29(22-31)53-15-17-54(18-16-53)34-8-6-32-40(26(34)3)45(63)57(43(32)61)36-9-10-38(58)51-42(36)60/h5-8,19-20,23,25,29-31,36H,9-18,21-22,24H2,1-4H3,(H,48,59)(H,49,50,52)(H,51,58,60). The van der Waals surface area contributed by atoms with E-state index in [0.29, 0.717) is 39.6 Å². The van der Waals surface area contributed by atoms with Crippen molar-refractivity contribution in [3.63, 3.8) is 0 Å². The van der Waals surface area contributed by atoms with Crippen molar-refractivity contribution in [2.75, 3.05) is 68.0 Å². The van der Waals surface area contributed by atoms with Gasteiger partial charge in [0, 0.05) is 81.6 Å². The number of hydrogen-bond donors (Lipinski definition) is 3. The number of nitrogens with zero attached hydrogens (tertiary/aromatic N) is 7. The van der Waals surface area contributed by atoms with Gasteiger partial charge in [0.05, 0.1) is 35.0 Å². The molecule has 9 rings (SSSR count). The molecule has 2 aromatic carbocycles. The molecular weight excluding hydrogens is 856 g/mol. The fourth-order valence-corrected chi connectivity index (χ4v) is 9.89. The number of likely N-dealkylation sites (N-methyl/N-ethyl adjacent to an activating group) is 1. The van der Waals surface area contributed by atoms with Crippen LogP contribution in [0.15, 0.2) is 47.4 Å². The number of nitrogens with one attached hydrogen (secondary N) is 3. The molecule has 3 N–H and O–H groups in total. The van der Waals surface area contributed by atoms with Gasteiger partial charge >= 0.3 is 0 Å². The zero-order valence-electron chi connectivity index (χ0n) is 36.9. The monoisotopic (exact) mass is 908 g/mol. The van der Waals surface area contributed by atoms with Crippen LogP contribution in [0.2, 0.25) is 5.02 Å². The molecule has 5 amide bonds. The highest BCUT2D eigenvalue weighted by Crippen LogP contribution is 2.37. The van der Waals surface area contributed by atoms with Gasteiger partial charge in [0.15, 0.2) is 18.2 Å². The Morgan fingerprint density at radius 2 is 1.68 bits per heavy atom. The second kappa shape index (κ2) is 18.0. The lowest BCUT2D eigenvalue weighted by molar-refractivity contribution is -0.136. The van der Waals surface area contributed by atoms with Crippen LogP contribution in [0.5, 0.6) is 5.75 Å². The number of ether oxygens (including phenoxy) is 2. The van der Waals surface area contributed by atoms with Gasteiger partial charge in [-0.15, -0.1) is 0 Å². The largest absolute Gasteiger partial charge is 0.478 e. The Morgan fingerprint density at radius 3 is 2.38 bits per heavy atom. The fourth-order valence-electron chi connectivity index (χ4n) is 9.75. The Bertz CT molecular complexity index is 2630. The summed E-state index contributed by atoms with van der Waals surface area (Å²) in [4.78, 5) is 93.5. The Balaban J connectivity index is 0.752. The molecule has 1 saturated carbocycles. The van der Waals surface area contributed by atoms with E-state index >= 15 is 0 Å². The second-order valence-corrected chi connectivity index (χ2v) is 18.1. The number of benzene rings is 2. The molecule has 19 heteroatoms. The van der Waals surface area contributed by atoms with E-state index in [-0.39, 0.29) is 54.9 Å². The Morgan fingerprint density at radius 1 is 0.923 bits per heavy atom. The van der Waals surface area contributed by atoms with Crippen LogP contribution in [0.3, 0.4) is 0 Å². The number of carbonyl (C=O) groups is 5. The zero-order valence-corrected chi connectivity index (χ0v) is 37.7. The van der Waals surface area contributed by atoms with Gasteiger partial charge in [0.25, 0.3) is 23.3 Å². The summed E-state index contributed by atoms with van der Waals surface area (Å²) in [5.74, 6) is -1.21. The van der Waals surface area contributed by atoms with Gasteiger partial charge in [-0.25, -0.2) is 4.98 Å². The van der Waals surface area contributed by atoms with Crippen molar-refractivity contribution in [3.05, 3.63) is 74.7 Å². The van der Waals surface area contributed by atoms with E-state index < -0.39 is 29.7 Å². The van der Waals surface area contributed by atoms with Gasteiger partial charge in [-0.1, -0.05) is 11.6 Å². The smallest absolute Gasteiger partial charge is 0.293 e. The van der Waals surface area contributed by atoms with Crippen molar-refractivity contribution in [1.82, 2.24) is 35.0 Å². The van der Waals surface area contributed by atoms with Gasteiger partial charge in [0.2, 0.25) is 17.8 Å². The SMILES string of the molecule is CNC(=O)COc1cc2cc(Nc3nc(N4CCC(OC5CC(N6CCN(c7ccc8c(c7C)C(=O)N(C7CCC(=O)NC7=O)C8=O)CC6)C5)CC4)ncc3Cl)ccc2n(C(C)C)c1=O. The Labute approximate surface area is 380 Å². The van der Waals surface area contributed by atoms with Gasteiger partial charge in [-0.3, -0.25) is 43.9 Å². The molecule has 65 heavy (non-hydrogen) atoms. The van der Waals surface area contributed by atoms with Crippen LogP contribution < -0.4 is 36.0 Å². The molecule has 0 radical (unpaired) electrons. The van der Waals surface area contributed by atoms with Crippen molar-refractivity contribution < 1.29 is 33.4 Å². The van der Waals surface area contributed by atoms with Crippen LogP contribution in [0.4, 0.5) is 23.1 Å². The first-order chi connectivity index (χ1) is 31.3. The van der Waals surface area contributed by atoms with Crippen molar-refractivity contribution in [2.45, 2.75) is 89.6 Å². The highest BCUT2D eigenvalue weighted by molar-refractivity contribution is 6.33. The van der Waals surface area contributed by atoms with Gasteiger partial charge < -0.3 is 34.5 Å². The lowest BCUT2D eigenvalue weighted by Crippen LogP contribution is -2.56. The third-order valence-electron chi connectivity index (χ3n) is 13.3. The fraction of sp³-hybridized carbons (Fsp3) is 0.478. The summed E-state index contributed by atoms with van der Waals surface area (Å²) in [6, 6.07) is 10.2. The maximum Gasteiger partial charge on any atom is 0.293 e. The van der Waals surface area contributed by atoms with Crippen LogP contribution in [0.1, 0.15) is 84.7 Å². The van der Waals surface area contributed by atoms with E-state index in [2.05, 4.69) is 35.6 Å². The van der Waals surface area contributed by atoms with Crippen LogP contribution in [-0.4, -0.2) is 131 Å². The summed E-state index contributed by atoms with van der Waals surface area (Å²) in [5, 5.41) is 9.19. The second-order valence-electron chi connectivity index (χ2n) is 17.7. The van der Waals surface area contributed by atoms with E-state index in [0.717, 1.165) is 92.0 Å². The summed E-state index contributed by atoms with van der Waals surface area (Å²) >= 11 is 6.60.